The van der Waals surface area contributed by atoms with E-state index in [0.29, 0.717) is 31.0 Å². The molecule has 19 heavy (non-hydrogen) atoms. The second-order valence-electron chi connectivity index (χ2n) is 4.45. The topological polar surface area (TPSA) is 27.1 Å². The molecule has 2 aromatic rings. The minimum atomic E-state index is -0.295. The third kappa shape index (κ3) is 3.07. The van der Waals surface area contributed by atoms with Gasteiger partial charge in [-0.2, -0.15) is 0 Å². The molecule has 1 unspecified atom stereocenters. The number of para-hydroxylation sites is 1. The number of nitrogens with zero attached hydrogens (tertiary/aromatic N) is 2. The van der Waals surface area contributed by atoms with Crippen LogP contribution in [0.3, 0.4) is 0 Å². The summed E-state index contributed by atoms with van der Waals surface area (Å²) in [4.78, 5) is 4.36. The number of imidazole rings is 1. The standard InChI is InChI=1S/C14H18ClFN2O/c1-3-19-10(2)9-18-12-6-4-5-11(16)14(12)17-13(18)7-8-15/h4-6,10H,3,7-9H2,1-2H3. The molecule has 1 atom stereocenters. The lowest BCUT2D eigenvalue weighted by Crippen LogP contribution is -2.18. The molecule has 0 saturated heterocycles. The van der Waals surface area contributed by atoms with Gasteiger partial charge in [0, 0.05) is 18.9 Å². The SMILES string of the molecule is CCOC(C)Cn1c(CCCl)nc2c(F)cccc21. The molecule has 1 aromatic heterocycles. The highest BCUT2D eigenvalue weighted by atomic mass is 35.5. The molecule has 0 fully saturated rings. The first-order valence-corrected chi connectivity index (χ1v) is 7.02. The molecule has 0 saturated carbocycles. The molecule has 2 rings (SSSR count). The van der Waals surface area contributed by atoms with Crippen LogP contribution in [0.2, 0.25) is 0 Å². The summed E-state index contributed by atoms with van der Waals surface area (Å²) in [5, 5.41) is 0. The van der Waals surface area contributed by atoms with E-state index in [9.17, 15) is 4.39 Å². The van der Waals surface area contributed by atoms with Crippen LogP contribution >= 0.6 is 11.6 Å². The highest BCUT2D eigenvalue weighted by Gasteiger charge is 2.15. The molecule has 0 aliphatic rings. The zero-order valence-corrected chi connectivity index (χ0v) is 12.0. The molecule has 0 N–H and O–H groups in total. The quantitative estimate of drug-likeness (QED) is 0.761. The maximum atomic E-state index is 13.8. The van der Waals surface area contributed by atoms with Gasteiger partial charge in [0.2, 0.25) is 0 Å². The summed E-state index contributed by atoms with van der Waals surface area (Å²) in [6.45, 7) is 5.27. The van der Waals surface area contributed by atoms with Gasteiger partial charge < -0.3 is 9.30 Å². The molecule has 0 spiro atoms. The van der Waals surface area contributed by atoms with Gasteiger partial charge in [0.1, 0.15) is 11.3 Å². The first kappa shape index (κ1) is 14.3. The van der Waals surface area contributed by atoms with Crippen molar-refractivity contribution >= 4 is 22.6 Å². The summed E-state index contributed by atoms with van der Waals surface area (Å²) in [6, 6.07) is 5.00. The molecule has 1 heterocycles. The van der Waals surface area contributed by atoms with Crippen molar-refractivity contribution in [2.24, 2.45) is 0 Å². The Labute approximate surface area is 117 Å². The molecule has 3 nitrogen and oxygen atoms in total. The largest absolute Gasteiger partial charge is 0.377 e. The van der Waals surface area contributed by atoms with Gasteiger partial charge >= 0.3 is 0 Å². The smallest absolute Gasteiger partial charge is 0.151 e. The number of aromatic nitrogens is 2. The van der Waals surface area contributed by atoms with Crippen molar-refractivity contribution in [2.45, 2.75) is 32.9 Å². The molecule has 0 radical (unpaired) electrons. The summed E-state index contributed by atoms with van der Waals surface area (Å²) in [7, 11) is 0. The lowest BCUT2D eigenvalue weighted by atomic mass is 10.3. The highest BCUT2D eigenvalue weighted by Crippen LogP contribution is 2.20. The molecular weight excluding hydrogens is 267 g/mol. The maximum absolute atomic E-state index is 13.8. The molecule has 0 amide bonds. The van der Waals surface area contributed by atoms with Crippen molar-refractivity contribution in [1.29, 1.82) is 0 Å². The predicted molar refractivity (Wildman–Crippen MR) is 75.2 cm³/mol. The normalized spacial score (nSPS) is 13.1. The van der Waals surface area contributed by atoms with Crippen molar-refractivity contribution in [3.05, 3.63) is 29.8 Å². The van der Waals surface area contributed by atoms with E-state index in [4.69, 9.17) is 16.3 Å². The second kappa shape index (κ2) is 6.35. The van der Waals surface area contributed by atoms with E-state index in [0.717, 1.165) is 11.3 Å². The summed E-state index contributed by atoms with van der Waals surface area (Å²) >= 11 is 5.79. The Hall–Kier alpha value is -1.13. The fourth-order valence-corrected chi connectivity index (χ4v) is 2.40. The van der Waals surface area contributed by atoms with Crippen molar-refractivity contribution in [1.82, 2.24) is 9.55 Å². The number of alkyl halides is 1. The fraction of sp³-hybridized carbons (Fsp3) is 0.500. The van der Waals surface area contributed by atoms with E-state index in [1.807, 2.05) is 24.5 Å². The van der Waals surface area contributed by atoms with Crippen LogP contribution in [-0.2, 0) is 17.7 Å². The third-order valence-corrected chi connectivity index (χ3v) is 3.21. The van der Waals surface area contributed by atoms with Crippen molar-refractivity contribution in [3.63, 3.8) is 0 Å². The highest BCUT2D eigenvalue weighted by molar-refractivity contribution is 6.17. The summed E-state index contributed by atoms with van der Waals surface area (Å²) in [5.41, 5.74) is 1.21. The van der Waals surface area contributed by atoms with E-state index in [-0.39, 0.29) is 11.9 Å². The molecular formula is C14H18ClFN2O. The van der Waals surface area contributed by atoms with Crippen LogP contribution in [0.1, 0.15) is 19.7 Å². The minimum absolute atomic E-state index is 0.0553. The van der Waals surface area contributed by atoms with Gasteiger partial charge in [0.15, 0.2) is 5.82 Å². The van der Waals surface area contributed by atoms with E-state index >= 15 is 0 Å². The molecule has 0 bridgehead atoms. The van der Waals surface area contributed by atoms with Crippen LogP contribution in [-0.4, -0.2) is 28.1 Å². The second-order valence-corrected chi connectivity index (χ2v) is 4.83. The Morgan fingerprint density at radius 3 is 2.95 bits per heavy atom. The van der Waals surface area contributed by atoms with Gasteiger partial charge in [-0.1, -0.05) is 6.07 Å². The fourth-order valence-electron chi connectivity index (χ4n) is 2.23. The van der Waals surface area contributed by atoms with Gasteiger partial charge in [0.05, 0.1) is 18.2 Å². The Morgan fingerprint density at radius 2 is 2.26 bits per heavy atom. The molecule has 1 aromatic carbocycles. The minimum Gasteiger partial charge on any atom is -0.377 e. The lowest BCUT2D eigenvalue weighted by molar-refractivity contribution is 0.0643. The molecule has 0 aliphatic carbocycles. The number of halogens is 2. The molecule has 0 aliphatic heterocycles. The first-order chi connectivity index (χ1) is 9.17. The van der Waals surface area contributed by atoms with E-state index in [2.05, 4.69) is 4.98 Å². The average Bonchev–Trinajstić information content (AvgIpc) is 2.71. The average molecular weight is 285 g/mol. The summed E-state index contributed by atoms with van der Waals surface area (Å²) in [6.07, 6.45) is 0.675. The zero-order chi connectivity index (χ0) is 13.8. The Balaban J connectivity index is 2.43. The zero-order valence-electron chi connectivity index (χ0n) is 11.2. The predicted octanol–water partition coefficient (Wildman–Crippen LogP) is 3.38. The summed E-state index contributed by atoms with van der Waals surface area (Å²) < 4.78 is 21.3. The van der Waals surface area contributed by atoms with Gasteiger partial charge in [-0.15, -0.1) is 11.6 Å². The molecule has 5 heteroatoms. The number of benzene rings is 1. The van der Waals surface area contributed by atoms with Crippen molar-refractivity contribution in [2.75, 3.05) is 12.5 Å². The number of hydrogen-bond donors (Lipinski definition) is 0. The Kier molecular flexibility index (Phi) is 4.77. The first-order valence-electron chi connectivity index (χ1n) is 6.48. The third-order valence-electron chi connectivity index (χ3n) is 3.02. The number of fused-ring (bicyclic) bond motifs is 1. The monoisotopic (exact) mass is 284 g/mol. The van der Waals surface area contributed by atoms with Crippen LogP contribution in [0.15, 0.2) is 18.2 Å². The van der Waals surface area contributed by atoms with Gasteiger partial charge in [-0.25, -0.2) is 9.37 Å². The van der Waals surface area contributed by atoms with Gasteiger partial charge in [-0.05, 0) is 26.0 Å². The lowest BCUT2D eigenvalue weighted by Gasteiger charge is -2.15. The van der Waals surface area contributed by atoms with Crippen LogP contribution in [0.25, 0.3) is 11.0 Å². The van der Waals surface area contributed by atoms with E-state index in [1.165, 1.54) is 6.07 Å². The van der Waals surface area contributed by atoms with Crippen LogP contribution in [0, 0.1) is 5.82 Å². The summed E-state index contributed by atoms with van der Waals surface area (Å²) in [5.74, 6) is 0.978. The van der Waals surface area contributed by atoms with Gasteiger partial charge in [-0.3, -0.25) is 0 Å². The number of rotatable bonds is 6. The van der Waals surface area contributed by atoms with E-state index < -0.39 is 0 Å². The van der Waals surface area contributed by atoms with E-state index in [1.54, 1.807) is 6.07 Å². The van der Waals surface area contributed by atoms with Crippen molar-refractivity contribution in [3.8, 4) is 0 Å². The van der Waals surface area contributed by atoms with Gasteiger partial charge in [0.25, 0.3) is 0 Å². The number of ether oxygens (including phenoxy) is 1. The maximum Gasteiger partial charge on any atom is 0.151 e. The molecule has 104 valence electrons. The van der Waals surface area contributed by atoms with Crippen LogP contribution < -0.4 is 0 Å². The Morgan fingerprint density at radius 1 is 1.47 bits per heavy atom. The number of aryl methyl sites for hydroxylation is 1. The van der Waals surface area contributed by atoms with Crippen LogP contribution in [0.5, 0.6) is 0 Å². The van der Waals surface area contributed by atoms with Crippen molar-refractivity contribution < 1.29 is 9.13 Å². The van der Waals surface area contributed by atoms with Crippen LogP contribution in [0.4, 0.5) is 4.39 Å². The Bertz CT molecular complexity index is 556. The number of hydrogen-bond acceptors (Lipinski definition) is 2.